The maximum Gasteiger partial charge on any atom is 0.0587 e. The Kier molecular flexibility index (Phi) is 7.77. The first-order valence-electron chi connectivity index (χ1n) is 5.81. The van der Waals surface area contributed by atoms with Crippen LogP contribution in [0.1, 0.15) is 18.2 Å². The monoisotopic (exact) mass is 317 g/mol. The number of allylic oxidation sites excluding steroid dienone is 1. The molecule has 0 aromatic carbocycles. The molecule has 0 fully saturated rings. The molecule has 0 spiro atoms. The quantitative estimate of drug-likeness (QED) is 0.584. The average molecular weight is 318 g/mol. The third-order valence-electron chi connectivity index (χ3n) is 2.43. The van der Waals surface area contributed by atoms with Crippen LogP contribution in [0.5, 0.6) is 0 Å². The number of hydrogen-bond acceptors (Lipinski definition) is 3. The van der Waals surface area contributed by atoms with E-state index in [0.717, 1.165) is 32.5 Å². The minimum atomic E-state index is 0.783. The number of thiophene rings is 1. The molecule has 0 unspecified atom stereocenters. The fourth-order valence-corrected chi connectivity index (χ4v) is 3.08. The number of nitrogens with one attached hydrogen (secondary N) is 1. The van der Waals surface area contributed by atoms with E-state index in [1.807, 2.05) is 11.3 Å². The Labute approximate surface area is 116 Å². The molecule has 0 atom stereocenters. The number of hydrogen-bond donors (Lipinski definition) is 1. The summed E-state index contributed by atoms with van der Waals surface area (Å²) in [5, 5.41) is 5.46. The number of methoxy groups -OCH3 is 1. The van der Waals surface area contributed by atoms with E-state index in [1.165, 1.54) is 14.9 Å². The highest BCUT2D eigenvalue weighted by molar-refractivity contribution is 9.10. The Morgan fingerprint density at radius 3 is 3.00 bits per heavy atom. The van der Waals surface area contributed by atoms with Gasteiger partial charge in [-0.2, -0.15) is 0 Å². The van der Waals surface area contributed by atoms with E-state index in [-0.39, 0.29) is 0 Å². The largest absolute Gasteiger partial charge is 0.383 e. The molecule has 0 saturated carbocycles. The van der Waals surface area contributed by atoms with Crippen LogP contribution in [0.3, 0.4) is 0 Å². The first kappa shape index (κ1) is 14.9. The van der Waals surface area contributed by atoms with E-state index in [2.05, 4.69) is 45.7 Å². The van der Waals surface area contributed by atoms with Crippen LogP contribution in [0.15, 0.2) is 27.6 Å². The van der Waals surface area contributed by atoms with E-state index < -0.39 is 0 Å². The van der Waals surface area contributed by atoms with E-state index in [9.17, 15) is 0 Å². The van der Waals surface area contributed by atoms with Gasteiger partial charge < -0.3 is 10.1 Å². The first-order chi connectivity index (χ1) is 8.24. The van der Waals surface area contributed by atoms with Crippen LogP contribution in [0.4, 0.5) is 0 Å². The maximum atomic E-state index is 4.97. The lowest BCUT2D eigenvalue weighted by molar-refractivity contribution is 0.199. The van der Waals surface area contributed by atoms with Gasteiger partial charge in [-0.05, 0) is 47.3 Å². The summed E-state index contributed by atoms with van der Waals surface area (Å²) < 4.78 is 6.20. The summed E-state index contributed by atoms with van der Waals surface area (Å²) >= 11 is 5.37. The summed E-state index contributed by atoms with van der Waals surface area (Å²) in [4.78, 5) is 1.41. The van der Waals surface area contributed by atoms with Crippen molar-refractivity contribution in [3.63, 3.8) is 0 Å². The van der Waals surface area contributed by atoms with Crippen molar-refractivity contribution in [1.29, 1.82) is 0 Å². The minimum absolute atomic E-state index is 0.783. The van der Waals surface area contributed by atoms with Gasteiger partial charge in [0.15, 0.2) is 0 Å². The highest BCUT2D eigenvalue weighted by Crippen LogP contribution is 2.25. The fraction of sp³-hybridized carbons (Fsp3) is 0.538. The Morgan fingerprint density at radius 1 is 1.53 bits per heavy atom. The highest BCUT2D eigenvalue weighted by atomic mass is 79.9. The predicted molar refractivity (Wildman–Crippen MR) is 78.8 cm³/mol. The maximum absolute atomic E-state index is 4.97. The molecule has 1 N–H and O–H groups in total. The Morgan fingerprint density at radius 2 is 2.35 bits per heavy atom. The second-order valence-electron chi connectivity index (χ2n) is 3.95. The van der Waals surface area contributed by atoms with Crippen molar-refractivity contribution in [1.82, 2.24) is 5.32 Å². The van der Waals surface area contributed by atoms with Gasteiger partial charge in [-0.3, -0.25) is 0 Å². The lowest BCUT2D eigenvalue weighted by atomic mass is 10.1. The van der Waals surface area contributed by atoms with Crippen LogP contribution < -0.4 is 5.32 Å². The first-order valence-corrected chi connectivity index (χ1v) is 7.48. The molecule has 1 aromatic heterocycles. The zero-order chi connectivity index (χ0) is 12.5. The van der Waals surface area contributed by atoms with Gasteiger partial charge in [-0.25, -0.2) is 0 Å². The lowest BCUT2D eigenvalue weighted by Gasteiger charge is -2.03. The van der Waals surface area contributed by atoms with Crippen molar-refractivity contribution in [2.75, 3.05) is 26.8 Å². The van der Waals surface area contributed by atoms with Gasteiger partial charge in [0, 0.05) is 29.4 Å². The van der Waals surface area contributed by atoms with Crippen molar-refractivity contribution < 1.29 is 4.74 Å². The molecule has 2 nitrogen and oxygen atoms in total. The molecule has 96 valence electrons. The average Bonchev–Trinajstić information content (AvgIpc) is 2.69. The SMILES string of the molecule is COCCNCCC=C(C)Cc1sccc1Br. The zero-order valence-electron chi connectivity index (χ0n) is 10.5. The van der Waals surface area contributed by atoms with E-state index in [0.29, 0.717) is 0 Å². The summed E-state index contributed by atoms with van der Waals surface area (Å²) in [6.07, 6.45) is 4.45. The second kappa shape index (κ2) is 8.86. The zero-order valence-corrected chi connectivity index (χ0v) is 12.9. The van der Waals surface area contributed by atoms with Gasteiger partial charge in [0.2, 0.25) is 0 Å². The topological polar surface area (TPSA) is 21.3 Å². The van der Waals surface area contributed by atoms with Gasteiger partial charge in [-0.1, -0.05) is 11.6 Å². The summed E-state index contributed by atoms with van der Waals surface area (Å²) in [6.45, 7) is 4.93. The van der Waals surface area contributed by atoms with Crippen LogP contribution in [0.25, 0.3) is 0 Å². The van der Waals surface area contributed by atoms with Crippen molar-refractivity contribution in [3.05, 3.63) is 32.4 Å². The van der Waals surface area contributed by atoms with Crippen LogP contribution in [-0.2, 0) is 11.2 Å². The molecule has 17 heavy (non-hydrogen) atoms. The molecule has 1 heterocycles. The van der Waals surface area contributed by atoms with Crippen LogP contribution >= 0.6 is 27.3 Å². The second-order valence-corrected chi connectivity index (χ2v) is 5.81. The number of ether oxygens (including phenoxy) is 1. The third kappa shape index (κ3) is 6.36. The smallest absolute Gasteiger partial charge is 0.0587 e. The van der Waals surface area contributed by atoms with Crippen molar-refractivity contribution >= 4 is 27.3 Å². The van der Waals surface area contributed by atoms with Crippen molar-refractivity contribution in [2.24, 2.45) is 0 Å². The standard InChI is InChI=1S/C13H20BrNOS/c1-11(4-3-6-15-7-8-16-2)10-13-12(14)5-9-17-13/h4-5,9,15H,3,6-8,10H2,1-2H3. The molecule has 1 aromatic rings. The Hall–Kier alpha value is -0.160. The van der Waals surface area contributed by atoms with Gasteiger partial charge in [0.05, 0.1) is 6.61 Å². The molecule has 0 saturated heterocycles. The van der Waals surface area contributed by atoms with E-state index in [1.54, 1.807) is 7.11 Å². The predicted octanol–water partition coefficient (Wildman–Crippen LogP) is 3.63. The summed E-state index contributed by atoms with van der Waals surface area (Å²) in [6, 6.07) is 2.11. The van der Waals surface area contributed by atoms with Crippen LogP contribution in [0.2, 0.25) is 0 Å². The van der Waals surface area contributed by atoms with Crippen molar-refractivity contribution in [3.8, 4) is 0 Å². The Balaban J connectivity index is 2.19. The van der Waals surface area contributed by atoms with Crippen LogP contribution in [-0.4, -0.2) is 26.8 Å². The Bertz CT molecular complexity index is 349. The summed E-state index contributed by atoms with van der Waals surface area (Å²) in [5.41, 5.74) is 1.43. The molecule has 0 aliphatic carbocycles. The highest BCUT2D eigenvalue weighted by Gasteiger charge is 2.01. The van der Waals surface area contributed by atoms with Gasteiger partial charge in [0.25, 0.3) is 0 Å². The van der Waals surface area contributed by atoms with Crippen molar-refractivity contribution in [2.45, 2.75) is 19.8 Å². The molecule has 4 heteroatoms. The molecule has 0 bridgehead atoms. The molecule has 0 amide bonds. The summed E-state index contributed by atoms with van der Waals surface area (Å²) in [5.74, 6) is 0. The number of halogens is 1. The summed E-state index contributed by atoms with van der Waals surface area (Å²) in [7, 11) is 1.73. The third-order valence-corrected chi connectivity index (χ3v) is 4.35. The fourth-order valence-electron chi connectivity index (χ4n) is 1.50. The molecule has 0 aliphatic rings. The minimum Gasteiger partial charge on any atom is -0.383 e. The molecule has 0 aliphatic heterocycles. The molecule has 0 radical (unpaired) electrons. The van der Waals surface area contributed by atoms with Gasteiger partial charge in [0.1, 0.15) is 0 Å². The van der Waals surface area contributed by atoms with Crippen LogP contribution in [0, 0.1) is 0 Å². The molecular weight excluding hydrogens is 298 g/mol. The van der Waals surface area contributed by atoms with Gasteiger partial charge in [-0.15, -0.1) is 11.3 Å². The van der Waals surface area contributed by atoms with Gasteiger partial charge >= 0.3 is 0 Å². The van der Waals surface area contributed by atoms with E-state index >= 15 is 0 Å². The molecular formula is C13H20BrNOS. The van der Waals surface area contributed by atoms with E-state index in [4.69, 9.17) is 4.74 Å². The normalized spacial score (nSPS) is 12.1. The molecule has 1 rings (SSSR count). The number of rotatable bonds is 8. The lowest BCUT2D eigenvalue weighted by Crippen LogP contribution is -2.19.